The lowest BCUT2D eigenvalue weighted by atomic mass is 10.2. The van der Waals surface area contributed by atoms with Gasteiger partial charge in [0.25, 0.3) is 0 Å². The van der Waals surface area contributed by atoms with Gasteiger partial charge >= 0.3 is 0 Å². The van der Waals surface area contributed by atoms with E-state index in [0.717, 1.165) is 5.56 Å². The van der Waals surface area contributed by atoms with Crippen LogP contribution in [0.4, 0.5) is 0 Å². The van der Waals surface area contributed by atoms with Gasteiger partial charge in [0.1, 0.15) is 18.5 Å². The highest BCUT2D eigenvalue weighted by atomic mass is 16.5. The van der Waals surface area contributed by atoms with Gasteiger partial charge in [-0.1, -0.05) is 12.1 Å². The molecule has 0 radical (unpaired) electrons. The predicted octanol–water partition coefficient (Wildman–Crippen LogP) is 0.728. The largest absolute Gasteiger partial charge is 0.491 e. The second-order valence-corrected chi connectivity index (χ2v) is 4.14. The van der Waals surface area contributed by atoms with Crippen LogP contribution in [0.15, 0.2) is 24.3 Å². The van der Waals surface area contributed by atoms with Gasteiger partial charge in [0.2, 0.25) is 0 Å². The summed E-state index contributed by atoms with van der Waals surface area (Å²) in [6, 6.07) is 9.39. The van der Waals surface area contributed by atoms with Crippen LogP contribution in [0.3, 0.4) is 0 Å². The summed E-state index contributed by atoms with van der Waals surface area (Å²) in [5, 5.41) is 21.3. The molecule has 19 heavy (non-hydrogen) atoms. The van der Waals surface area contributed by atoms with Gasteiger partial charge in [-0.15, -0.1) is 0 Å². The molecular formula is C14H20N2O3. The number of hydrogen-bond donors (Lipinski definition) is 2. The lowest BCUT2D eigenvalue weighted by Gasteiger charge is -2.13. The van der Waals surface area contributed by atoms with Crippen LogP contribution in [-0.4, -0.2) is 44.6 Å². The van der Waals surface area contributed by atoms with Crippen LogP contribution in [0, 0.1) is 11.3 Å². The second-order valence-electron chi connectivity index (χ2n) is 4.14. The zero-order valence-electron chi connectivity index (χ0n) is 11.1. The average Bonchev–Trinajstić information content (AvgIpc) is 2.43. The highest BCUT2D eigenvalue weighted by Crippen LogP contribution is 2.12. The minimum Gasteiger partial charge on any atom is -0.491 e. The van der Waals surface area contributed by atoms with Gasteiger partial charge in [0.05, 0.1) is 19.1 Å². The zero-order chi connectivity index (χ0) is 13.9. The van der Waals surface area contributed by atoms with Gasteiger partial charge in [0.15, 0.2) is 0 Å². The minimum absolute atomic E-state index is 0.234. The molecule has 0 bridgehead atoms. The van der Waals surface area contributed by atoms with E-state index >= 15 is 0 Å². The van der Waals surface area contributed by atoms with Crippen LogP contribution < -0.4 is 10.1 Å². The topological polar surface area (TPSA) is 74.5 Å². The molecule has 1 unspecified atom stereocenters. The molecule has 104 valence electrons. The number of ether oxygens (including phenoxy) is 2. The molecule has 0 aliphatic rings. The van der Waals surface area contributed by atoms with E-state index in [4.69, 9.17) is 14.7 Å². The first-order valence-corrected chi connectivity index (χ1v) is 6.22. The van der Waals surface area contributed by atoms with Crippen molar-refractivity contribution in [1.82, 2.24) is 5.32 Å². The number of hydrogen-bond acceptors (Lipinski definition) is 5. The number of nitrogens with one attached hydrogen (secondary N) is 1. The Morgan fingerprint density at radius 3 is 2.74 bits per heavy atom. The third-order valence-electron chi connectivity index (χ3n) is 2.51. The van der Waals surface area contributed by atoms with E-state index in [2.05, 4.69) is 11.4 Å². The van der Waals surface area contributed by atoms with Gasteiger partial charge in [0, 0.05) is 20.2 Å². The minimum atomic E-state index is -0.560. The van der Waals surface area contributed by atoms with Crippen molar-refractivity contribution in [3.8, 4) is 11.8 Å². The molecule has 0 saturated carbocycles. The van der Waals surface area contributed by atoms with Crippen LogP contribution in [0.25, 0.3) is 0 Å². The summed E-state index contributed by atoms with van der Waals surface area (Å²) in [6.07, 6.45) is -0.164. The maximum atomic E-state index is 9.68. The van der Waals surface area contributed by atoms with E-state index in [1.807, 2.05) is 12.1 Å². The van der Waals surface area contributed by atoms with Crippen LogP contribution >= 0.6 is 0 Å². The van der Waals surface area contributed by atoms with Gasteiger partial charge in [-0.2, -0.15) is 5.26 Å². The zero-order valence-corrected chi connectivity index (χ0v) is 11.1. The number of aliphatic hydroxyl groups excluding tert-OH is 1. The number of aliphatic hydroxyl groups is 1. The molecule has 0 aliphatic heterocycles. The molecule has 0 amide bonds. The third-order valence-corrected chi connectivity index (χ3v) is 2.51. The van der Waals surface area contributed by atoms with Crippen LogP contribution in [0.2, 0.25) is 0 Å². The van der Waals surface area contributed by atoms with Crippen molar-refractivity contribution in [3.63, 3.8) is 0 Å². The number of nitriles is 1. The van der Waals surface area contributed by atoms with E-state index in [1.165, 1.54) is 0 Å². The lowest BCUT2D eigenvalue weighted by Crippen LogP contribution is -2.33. The molecule has 0 saturated heterocycles. The summed E-state index contributed by atoms with van der Waals surface area (Å²) in [6.45, 7) is 2.03. The molecule has 0 fully saturated rings. The van der Waals surface area contributed by atoms with Crippen LogP contribution in [0.1, 0.15) is 5.56 Å². The third kappa shape index (κ3) is 6.77. The second kappa shape index (κ2) is 9.34. The van der Waals surface area contributed by atoms with Crippen LogP contribution in [0.5, 0.6) is 5.75 Å². The molecule has 1 atom stereocenters. The van der Waals surface area contributed by atoms with Gasteiger partial charge < -0.3 is 19.9 Å². The Hall–Kier alpha value is -1.61. The molecule has 0 aliphatic carbocycles. The number of rotatable bonds is 9. The van der Waals surface area contributed by atoms with Crippen molar-refractivity contribution in [2.75, 3.05) is 33.4 Å². The summed E-state index contributed by atoms with van der Waals surface area (Å²) in [5.41, 5.74) is 0.955. The molecule has 0 spiro atoms. The Labute approximate surface area is 113 Å². The van der Waals surface area contributed by atoms with Crippen LogP contribution in [-0.2, 0) is 11.2 Å². The molecular weight excluding hydrogens is 244 g/mol. The summed E-state index contributed by atoms with van der Waals surface area (Å²) in [5.74, 6) is 0.692. The fourth-order valence-electron chi connectivity index (χ4n) is 1.49. The molecule has 2 N–H and O–H groups in total. The van der Waals surface area contributed by atoms with Gasteiger partial charge in [-0.05, 0) is 17.7 Å². The van der Waals surface area contributed by atoms with E-state index in [1.54, 1.807) is 19.2 Å². The molecule has 0 aromatic heterocycles. The van der Waals surface area contributed by atoms with E-state index in [-0.39, 0.29) is 6.61 Å². The van der Waals surface area contributed by atoms with Crippen molar-refractivity contribution in [1.29, 1.82) is 5.26 Å². The normalized spacial score (nSPS) is 11.8. The molecule has 1 aromatic carbocycles. The highest BCUT2D eigenvalue weighted by molar-refractivity contribution is 5.28. The molecule has 1 rings (SSSR count). The summed E-state index contributed by atoms with van der Waals surface area (Å²) in [4.78, 5) is 0. The summed E-state index contributed by atoms with van der Waals surface area (Å²) >= 11 is 0. The Balaban J connectivity index is 2.22. The Kier molecular flexibility index (Phi) is 7.59. The monoisotopic (exact) mass is 264 g/mol. The first-order chi connectivity index (χ1) is 9.26. The van der Waals surface area contributed by atoms with E-state index in [9.17, 15) is 5.11 Å². The summed E-state index contributed by atoms with van der Waals surface area (Å²) in [7, 11) is 1.64. The van der Waals surface area contributed by atoms with Crippen molar-refractivity contribution >= 4 is 0 Å². The average molecular weight is 264 g/mol. The first kappa shape index (κ1) is 15.4. The van der Waals surface area contributed by atoms with Gasteiger partial charge in [-0.3, -0.25) is 0 Å². The number of benzene rings is 1. The first-order valence-electron chi connectivity index (χ1n) is 6.22. The Morgan fingerprint density at radius 1 is 1.37 bits per heavy atom. The number of methoxy groups -OCH3 is 1. The number of nitrogens with zero attached hydrogens (tertiary/aromatic N) is 1. The quantitative estimate of drug-likeness (QED) is 0.643. The Morgan fingerprint density at radius 2 is 2.11 bits per heavy atom. The summed E-state index contributed by atoms with van der Waals surface area (Å²) < 4.78 is 10.3. The van der Waals surface area contributed by atoms with E-state index < -0.39 is 6.10 Å². The smallest absolute Gasteiger partial charge is 0.119 e. The van der Waals surface area contributed by atoms with E-state index in [0.29, 0.717) is 31.9 Å². The molecule has 5 heteroatoms. The standard InChI is InChI=1S/C14H20N2O3/c1-18-9-8-16-10-13(17)11-19-14-4-2-12(3-5-14)6-7-15/h2-5,13,16-17H,6,8-11H2,1H3. The Bertz CT molecular complexity index is 387. The molecule has 0 heterocycles. The fourth-order valence-corrected chi connectivity index (χ4v) is 1.49. The fraction of sp³-hybridized carbons (Fsp3) is 0.500. The highest BCUT2D eigenvalue weighted by Gasteiger charge is 2.04. The molecule has 1 aromatic rings. The van der Waals surface area contributed by atoms with Crippen molar-refractivity contribution in [2.45, 2.75) is 12.5 Å². The van der Waals surface area contributed by atoms with Crippen molar-refractivity contribution < 1.29 is 14.6 Å². The molecule has 5 nitrogen and oxygen atoms in total. The van der Waals surface area contributed by atoms with Gasteiger partial charge in [-0.25, -0.2) is 0 Å². The van der Waals surface area contributed by atoms with Crippen molar-refractivity contribution in [3.05, 3.63) is 29.8 Å². The van der Waals surface area contributed by atoms with Crippen molar-refractivity contribution in [2.24, 2.45) is 0 Å². The SMILES string of the molecule is COCCNCC(O)COc1ccc(CC#N)cc1. The lowest BCUT2D eigenvalue weighted by molar-refractivity contribution is 0.103. The maximum Gasteiger partial charge on any atom is 0.119 e. The predicted molar refractivity (Wildman–Crippen MR) is 72.0 cm³/mol. The maximum absolute atomic E-state index is 9.68.